The van der Waals surface area contributed by atoms with E-state index >= 15 is 0 Å². The third-order valence-electron chi connectivity index (χ3n) is 4.44. The quantitative estimate of drug-likeness (QED) is 0.795. The van der Waals surface area contributed by atoms with Crippen LogP contribution in [0.15, 0.2) is 4.52 Å². The number of amides is 1. The van der Waals surface area contributed by atoms with Crippen LogP contribution in [0.1, 0.15) is 38.9 Å². The van der Waals surface area contributed by atoms with Gasteiger partial charge in [-0.05, 0) is 6.92 Å². The number of nitrogens with zero attached hydrogens (tertiary/aromatic N) is 2. The zero-order chi connectivity index (χ0) is 15.7. The van der Waals surface area contributed by atoms with Gasteiger partial charge in [-0.15, -0.1) is 0 Å². The summed E-state index contributed by atoms with van der Waals surface area (Å²) in [6.45, 7) is 8.68. The van der Waals surface area contributed by atoms with Gasteiger partial charge in [-0.25, -0.2) is 0 Å². The van der Waals surface area contributed by atoms with Gasteiger partial charge < -0.3 is 20.3 Å². The Morgan fingerprint density at radius 1 is 1.57 bits per heavy atom. The van der Waals surface area contributed by atoms with Crippen LogP contribution >= 0.6 is 0 Å². The first kappa shape index (κ1) is 15.9. The summed E-state index contributed by atoms with van der Waals surface area (Å²) in [6.07, 6.45) is 1.09. The molecule has 0 spiro atoms. The molecule has 3 N–H and O–H groups in total. The predicted molar refractivity (Wildman–Crippen MR) is 76.5 cm³/mol. The van der Waals surface area contributed by atoms with Crippen molar-refractivity contribution >= 4 is 5.91 Å². The summed E-state index contributed by atoms with van der Waals surface area (Å²) in [4.78, 5) is 16.4. The number of aryl methyl sites for hydroxylation is 1. The summed E-state index contributed by atoms with van der Waals surface area (Å²) in [5, 5.41) is 6.65. The maximum Gasteiger partial charge on any atom is 0.240 e. The molecule has 118 valence electrons. The molecule has 1 heterocycles. The third kappa shape index (κ3) is 2.80. The number of nitrogens with one attached hydrogen (secondary N) is 1. The van der Waals surface area contributed by atoms with Crippen molar-refractivity contribution in [3.8, 4) is 0 Å². The van der Waals surface area contributed by atoms with Gasteiger partial charge in [0.2, 0.25) is 11.8 Å². The van der Waals surface area contributed by atoms with Crippen LogP contribution in [0.5, 0.6) is 0 Å². The summed E-state index contributed by atoms with van der Waals surface area (Å²) in [5.41, 5.74) is 5.02. The van der Waals surface area contributed by atoms with Gasteiger partial charge in [0.05, 0.1) is 6.10 Å². The molecule has 1 aromatic rings. The fourth-order valence-corrected chi connectivity index (χ4v) is 2.71. The number of aromatic nitrogens is 2. The molecule has 21 heavy (non-hydrogen) atoms. The summed E-state index contributed by atoms with van der Waals surface area (Å²) in [6, 6.07) is 0. The second kappa shape index (κ2) is 5.73. The molecule has 2 atom stereocenters. The Morgan fingerprint density at radius 2 is 2.29 bits per heavy atom. The third-order valence-corrected chi connectivity index (χ3v) is 4.44. The molecule has 0 aliphatic heterocycles. The zero-order valence-electron chi connectivity index (χ0n) is 13.1. The molecule has 0 aromatic carbocycles. The molecule has 1 saturated carbocycles. The largest absolute Gasteiger partial charge is 0.378 e. The molecule has 7 nitrogen and oxygen atoms in total. The van der Waals surface area contributed by atoms with Gasteiger partial charge in [-0.2, -0.15) is 4.98 Å². The lowest BCUT2D eigenvalue weighted by Crippen LogP contribution is -2.75. The highest BCUT2D eigenvalue weighted by atomic mass is 16.5. The van der Waals surface area contributed by atoms with Crippen LogP contribution in [0.4, 0.5) is 0 Å². The standard InChI is InChI=1S/C14H24N4O3/c1-5-20-10-8-14(15,13(10,3)4)12(19)16-7-6-11-17-9(2)21-18-11/h10H,5-8,15H2,1-4H3,(H,16,19). The van der Waals surface area contributed by atoms with E-state index in [1.54, 1.807) is 6.92 Å². The predicted octanol–water partition coefficient (Wildman–Crippen LogP) is 0.569. The Hall–Kier alpha value is -1.47. The van der Waals surface area contributed by atoms with Crippen LogP contribution in [0.2, 0.25) is 0 Å². The smallest absolute Gasteiger partial charge is 0.240 e. The number of hydrogen-bond donors (Lipinski definition) is 2. The van der Waals surface area contributed by atoms with Crippen LogP contribution in [-0.4, -0.2) is 40.8 Å². The Morgan fingerprint density at radius 3 is 2.81 bits per heavy atom. The van der Waals surface area contributed by atoms with E-state index in [9.17, 15) is 4.79 Å². The molecular weight excluding hydrogens is 272 g/mol. The van der Waals surface area contributed by atoms with E-state index in [1.807, 2.05) is 20.8 Å². The average Bonchev–Trinajstić information content (AvgIpc) is 2.83. The molecule has 2 rings (SSSR count). The first-order chi connectivity index (χ1) is 9.81. The Balaban J connectivity index is 1.86. The van der Waals surface area contributed by atoms with Crippen LogP contribution in [0, 0.1) is 12.3 Å². The van der Waals surface area contributed by atoms with Crippen molar-refractivity contribution in [1.29, 1.82) is 0 Å². The van der Waals surface area contributed by atoms with Crippen molar-refractivity contribution in [3.63, 3.8) is 0 Å². The first-order valence-electron chi connectivity index (χ1n) is 7.29. The van der Waals surface area contributed by atoms with Gasteiger partial charge in [-0.1, -0.05) is 19.0 Å². The highest BCUT2D eigenvalue weighted by Crippen LogP contribution is 2.49. The van der Waals surface area contributed by atoms with Crippen LogP contribution in [0.3, 0.4) is 0 Å². The number of hydrogen-bond acceptors (Lipinski definition) is 6. The van der Waals surface area contributed by atoms with Gasteiger partial charge in [-0.3, -0.25) is 4.79 Å². The van der Waals surface area contributed by atoms with Crippen LogP contribution < -0.4 is 11.1 Å². The molecule has 1 aliphatic carbocycles. The van der Waals surface area contributed by atoms with Gasteiger partial charge in [0, 0.05) is 38.3 Å². The monoisotopic (exact) mass is 296 g/mol. The molecule has 0 bridgehead atoms. The molecule has 1 amide bonds. The van der Waals surface area contributed by atoms with Crippen LogP contribution in [0.25, 0.3) is 0 Å². The van der Waals surface area contributed by atoms with Crippen molar-refractivity contribution in [3.05, 3.63) is 11.7 Å². The fraction of sp³-hybridized carbons (Fsp3) is 0.786. The van der Waals surface area contributed by atoms with Crippen molar-refractivity contribution in [2.24, 2.45) is 11.1 Å². The molecule has 1 aromatic heterocycles. The lowest BCUT2D eigenvalue weighted by atomic mass is 9.54. The Labute approximate surface area is 124 Å². The van der Waals surface area contributed by atoms with Crippen molar-refractivity contribution in [2.75, 3.05) is 13.2 Å². The minimum Gasteiger partial charge on any atom is -0.378 e. The molecule has 7 heteroatoms. The fourth-order valence-electron chi connectivity index (χ4n) is 2.71. The number of nitrogens with two attached hydrogens (primary N) is 1. The maximum absolute atomic E-state index is 12.4. The van der Waals surface area contributed by atoms with E-state index in [0.29, 0.717) is 37.7 Å². The molecular formula is C14H24N4O3. The number of carbonyl (C=O) groups is 1. The number of ether oxygens (including phenoxy) is 1. The molecule has 2 unspecified atom stereocenters. The summed E-state index contributed by atoms with van der Waals surface area (Å²) < 4.78 is 10.5. The van der Waals surface area contributed by atoms with E-state index in [2.05, 4.69) is 15.5 Å². The minimum atomic E-state index is -0.889. The number of carbonyl (C=O) groups excluding carboxylic acids is 1. The lowest BCUT2D eigenvalue weighted by Gasteiger charge is -2.57. The number of rotatable bonds is 6. The van der Waals surface area contributed by atoms with Gasteiger partial charge in [0.1, 0.15) is 5.54 Å². The zero-order valence-corrected chi connectivity index (χ0v) is 13.1. The molecule has 0 radical (unpaired) electrons. The van der Waals surface area contributed by atoms with Crippen LogP contribution in [-0.2, 0) is 16.0 Å². The van der Waals surface area contributed by atoms with Gasteiger partial charge in [0.15, 0.2) is 5.82 Å². The Bertz CT molecular complexity index is 514. The van der Waals surface area contributed by atoms with Crippen molar-refractivity contribution in [1.82, 2.24) is 15.5 Å². The SMILES string of the molecule is CCOC1CC(N)(C(=O)NCCc2noc(C)n2)C1(C)C. The second-order valence-corrected chi connectivity index (χ2v) is 6.08. The first-order valence-corrected chi connectivity index (χ1v) is 7.29. The summed E-state index contributed by atoms with van der Waals surface area (Å²) in [7, 11) is 0. The molecule has 0 saturated heterocycles. The summed E-state index contributed by atoms with van der Waals surface area (Å²) in [5.74, 6) is 0.953. The lowest BCUT2D eigenvalue weighted by molar-refractivity contribution is -0.170. The van der Waals surface area contributed by atoms with Crippen molar-refractivity contribution < 1.29 is 14.1 Å². The van der Waals surface area contributed by atoms with E-state index in [1.165, 1.54) is 0 Å². The van der Waals surface area contributed by atoms with E-state index in [-0.39, 0.29) is 17.4 Å². The second-order valence-electron chi connectivity index (χ2n) is 6.08. The Kier molecular flexibility index (Phi) is 4.34. The topological polar surface area (TPSA) is 103 Å². The minimum absolute atomic E-state index is 0.0260. The van der Waals surface area contributed by atoms with E-state index < -0.39 is 5.54 Å². The summed E-state index contributed by atoms with van der Waals surface area (Å²) >= 11 is 0. The van der Waals surface area contributed by atoms with Crippen molar-refractivity contribution in [2.45, 2.75) is 52.2 Å². The van der Waals surface area contributed by atoms with Gasteiger partial charge >= 0.3 is 0 Å². The maximum atomic E-state index is 12.4. The highest BCUT2D eigenvalue weighted by molar-refractivity contribution is 5.88. The molecule has 1 aliphatic rings. The average molecular weight is 296 g/mol. The van der Waals surface area contributed by atoms with E-state index in [4.69, 9.17) is 15.0 Å². The molecule has 1 fully saturated rings. The van der Waals surface area contributed by atoms with E-state index in [0.717, 1.165) is 0 Å². The normalized spacial score (nSPS) is 27.2. The van der Waals surface area contributed by atoms with Gasteiger partial charge in [0.25, 0.3) is 0 Å². The highest BCUT2D eigenvalue weighted by Gasteiger charge is 2.62.